The lowest BCUT2D eigenvalue weighted by molar-refractivity contribution is -0.384. The van der Waals surface area contributed by atoms with Crippen LogP contribution in [-0.4, -0.2) is 103 Å². The minimum absolute atomic E-state index is 0.0179. The van der Waals surface area contributed by atoms with Gasteiger partial charge in [0.25, 0.3) is 27.5 Å². The van der Waals surface area contributed by atoms with Crippen LogP contribution in [-0.2, 0) is 14.8 Å². The molecule has 71 heavy (non-hydrogen) atoms. The first kappa shape index (κ1) is 50.1. The number of carbonyl (C=O) groups is 1. The van der Waals surface area contributed by atoms with Gasteiger partial charge in [-0.15, -0.1) is 0 Å². The largest absolute Gasteiger partial charge is 0.472 e. The fourth-order valence-electron chi connectivity index (χ4n) is 11.2. The van der Waals surface area contributed by atoms with Gasteiger partial charge in [0.15, 0.2) is 5.75 Å². The second-order valence-corrected chi connectivity index (χ2v) is 22.6. The summed E-state index contributed by atoms with van der Waals surface area (Å²) in [6, 6.07) is 19.2. The standard InChI is InChI=1S/C53H66FN7O9S/c1-33(2)38-9-6-7-10-39(38)40-11-8-12-45(40)60-31-53(32-60)21-23-59(24-22-53)36-13-15-41(47(25-36)70-48-27-42-43(54)29-56-49(42)57-51(48)69-30-34(3)68-5)50(62)58-71(66,67)37-14-16-44(46(26-37)61(64)65)55-28-35-17-19-52(4,63)20-18-35/h6-7,9-10,13-16,25-27,29,33-35,40,45,55,63H,8,11-12,17-24,28,30-32H2,1-5H3,(H,56,57)(H,58,62)/t34?,35?,40-,45-,52?/m1/s1. The van der Waals surface area contributed by atoms with Gasteiger partial charge in [-0.3, -0.25) is 19.8 Å². The molecule has 2 aromatic heterocycles. The molecular weight excluding hydrogens is 930 g/mol. The number of likely N-dealkylation sites (tertiary alicyclic amines) is 1. The number of anilines is 2. The Bertz CT molecular complexity index is 2870. The molecule has 2 aliphatic carbocycles. The van der Waals surface area contributed by atoms with Crippen molar-refractivity contribution in [3.05, 3.63) is 106 Å². The molecule has 380 valence electrons. The van der Waals surface area contributed by atoms with Crippen LogP contribution < -0.4 is 24.4 Å². The predicted octanol–water partition coefficient (Wildman–Crippen LogP) is 9.65. The van der Waals surface area contributed by atoms with E-state index >= 15 is 4.39 Å². The fourth-order valence-corrected chi connectivity index (χ4v) is 12.2. The molecule has 1 unspecified atom stereocenters. The molecule has 2 saturated heterocycles. The van der Waals surface area contributed by atoms with Gasteiger partial charge in [-0.2, -0.15) is 4.98 Å². The number of pyridine rings is 1. The number of nitro benzene ring substituents is 1. The second-order valence-electron chi connectivity index (χ2n) is 20.9. The van der Waals surface area contributed by atoms with Crippen LogP contribution >= 0.6 is 0 Å². The number of piperidine rings is 1. The number of hydrogen-bond donors (Lipinski definition) is 4. The van der Waals surface area contributed by atoms with Gasteiger partial charge in [-0.05, 0) is 124 Å². The fraction of sp³-hybridized carbons (Fsp3) is 0.509. The number of amides is 1. The first-order valence-corrected chi connectivity index (χ1v) is 26.4. The molecule has 1 amide bonds. The molecule has 2 aliphatic heterocycles. The highest BCUT2D eigenvalue weighted by Gasteiger charge is 2.49. The molecule has 4 aliphatic rings. The van der Waals surface area contributed by atoms with Gasteiger partial charge in [0.1, 0.15) is 29.5 Å². The van der Waals surface area contributed by atoms with Crippen LogP contribution in [0.3, 0.4) is 0 Å². The third-order valence-electron chi connectivity index (χ3n) is 15.5. The predicted molar refractivity (Wildman–Crippen MR) is 270 cm³/mol. The normalized spacial score (nSPS) is 22.9. The van der Waals surface area contributed by atoms with E-state index in [9.17, 15) is 28.4 Å². The van der Waals surface area contributed by atoms with Crippen LogP contribution in [0.25, 0.3) is 11.0 Å². The Labute approximate surface area is 414 Å². The summed E-state index contributed by atoms with van der Waals surface area (Å²) in [4.78, 5) is 37.6. The maximum atomic E-state index is 15.1. The van der Waals surface area contributed by atoms with Crippen molar-refractivity contribution in [2.24, 2.45) is 11.3 Å². The number of sulfonamides is 1. The number of nitrogens with zero attached hydrogens (tertiary/aromatic N) is 4. The summed E-state index contributed by atoms with van der Waals surface area (Å²) in [6.07, 6.45) is 9.09. The molecule has 16 nitrogen and oxygen atoms in total. The maximum absolute atomic E-state index is 15.1. The number of hydrogen-bond acceptors (Lipinski definition) is 13. The van der Waals surface area contributed by atoms with Gasteiger partial charge in [-0.1, -0.05) is 44.5 Å². The van der Waals surface area contributed by atoms with Crippen LogP contribution in [0.5, 0.6) is 17.4 Å². The number of nitro groups is 1. The number of methoxy groups -OCH3 is 1. The number of carbonyl (C=O) groups excluding carboxylic acids is 1. The van der Waals surface area contributed by atoms with E-state index in [4.69, 9.17) is 14.2 Å². The van der Waals surface area contributed by atoms with E-state index in [1.165, 1.54) is 61.8 Å². The zero-order chi connectivity index (χ0) is 50.2. The number of rotatable bonds is 17. The summed E-state index contributed by atoms with van der Waals surface area (Å²) in [6.45, 7) is 12.2. The third-order valence-corrected chi connectivity index (χ3v) is 16.9. The number of nitrogens with one attached hydrogen (secondary N) is 3. The lowest BCUT2D eigenvalue weighted by atomic mass is 9.70. The number of benzene rings is 3. The average molecular weight is 996 g/mol. The van der Waals surface area contributed by atoms with E-state index < -0.39 is 42.9 Å². The van der Waals surface area contributed by atoms with Crippen molar-refractivity contribution < 1.29 is 41.8 Å². The van der Waals surface area contributed by atoms with E-state index in [0.717, 1.165) is 69.8 Å². The van der Waals surface area contributed by atoms with E-state index in [2.05, 4.69) is 67.9 Å². The Morgan fingerprint density at radius 3 is 2.46 bits per heavy atom. The highest BCUT2D eigenvalue weighted by Crippen LogP contribution is 2.49. The van der Waals surface area contributed by atoms with Crippen LogP contribution in [0.1, 0.15) is 119 Å². The van der Waals surface area contributed by atoms with E-state index in [0.29, 0.717) is 37.3 Å². The number of aromatic amines is 1. The number of ether oxygens (including phenoxy) is 3. The van der Waals surface area contributed by atoms with Crippen molar-refractivity contribution in [3.63, 3.8) is 0 Å². The van der Waals surface area contributed by atoms with Crippen LogP contribution in [0.15, 0.2) is 77.8 Å². The molecule has 9 rings (SSSR count). The third kappa shape index (κ3) is 10.9. The van der Waals surface area contributed by atoms with Gasteiger partial charge in [0.05, 0.1) is 32.5 Å². The first-order valence-electron chi connectivity index (χ1n) is 25.0. The van der Waals surface area contributed by atoms with Crippen LogP contribution in [0.2, 0.25) is 0 Å². The van der Waals surface area contributed by atoms with Gasteiger partial charge in [0.2, 0.25) is 0 Å². The smallest absolute Gasteiger partial charge is 0.293 e. The quantitative estimate of drug-likeness (QED) is 0.0507. The zero-order valence-electron chi connectivity index (χ0n) is 41.2. The molecule has 0 bridgehead atoms. The lowest BCUT2D eigenvalue weighted by Crippen LogP contribution is -2.63. The zero-order valence-corrected chi connectivity index (χ0v) is 42.0. The van der Waals surface area contributed by atoms with Gasteiger partial charge < -0.3 is 34.5 Å². The van der Waals surface area contributed by atoms with Crippen molar-refractivity contribution in [3.8, 4) is 17.4 Å². The average Bonchev–Trinajstić information content (AvgIpc) is 3.97. The summed E-state index contributed by atoms with van der Waals surface area (Å²) >= 11 is 0. The van der Waals surface area contributed by atoms with Crippen molar-refractivity contribution in [1.82, 2.24) is 19.6 Å². The number of fused-ring (bicyclic) bond motifs is 1. The Morgan fingerprint density at radius 2 is 1.75 bits per heavy atom. The molecule has 4 fully saturated rings. The van der Waals surface area contributed by atoms with Gasteiger partial charge in [-0.25, -0.2) is 17.5 Å². The van der Waals surface area contributed by atoms with E-state index in [1.807, 2.05) is 0 Å². The number of aliphatic hydroxyl groups is 1. The Balaban J connectivity index is 0.951. The minimum Gasteiger partial charge on any atom is -0.472 e. The van der Waals surface area contributed by atoms with Crippen molar-refractivity contribution in [1.29, 1.82) is 0 Å². The van der Waals surface area contributed by atoms with E-state index in [1.54, 1.807) is 26.0 Å². The maximum Gasteiger partial charge on any atom is 0.293 e. The summed E-state index contributed by atoms with van der Waals surface area (Å²) in [5, 5.41) is 25.8. The highest BCUT2D eigenvalue weighted by atomic mass is 32.2. The molecule has 18 heteroatoms. The Kier molecular flexibility index (Phi) is 14.4. The summed E-state index contributed by atoms with van der Waals surface area (Å²) in [5.74, 6) is -0.564. The highest BCUT2D eigenvalue weighted by molar-refractivity contribution is 7.90. The monoisotopic (exact) mass is 995 g/mol. The number of H-pyrrole nitrogens is 1. The van der Waals surface area contributed by atoms with E-state index in [-0.39, 0.29) is 63.7 Å². The molecule has 4 N–H and O–H groups in total. The van der Waals surface area contributed by atoms with Crippen molar-refractivity contribution in [2.45, 2.75) is 120 Å². The topological polar surface area (TPSA) is 201 Å². The summed E-state index contributed by atoms with van der Waals surface area (Å²) < 4.78 is 62.9. The van der Waals surface area contributed by atoms with Gasteiger partial charge >= 0.3 is 0 Å². The Morgan fingerprint density at radius 1 is 1.00 bits per heavy atom. The van der Waals surface area contributed by atoms with Crippen LogP contribution in [0.4, 0.5) is 21.5 Å². The molecular formula is C53H66FN7O9S. The molecule has 4 heterocycles. The number of halogens is 1. The Hall–Kier alpha value is -5.82. The SMILES string of the molecule is COC(C)COc1nc2[nH]cc(F)c2cc1Oc1cc(N2CCC3(CC2)CN([C@@H]2CCC[C@@H]2c2ccccc2C(C)C)C3)ccc1C(=O)NS(=O)(=O)c1ccc(NCC2CCC(C)(O)CC2)c([N+](=O)[O-])c1. The molecule has 3 atom stereocenters. The minimum atomic E-state index is -4.69. The number of aromatic nitrogens is 2. The second kappa shape index (κ2) is 20.4. The van der Waals surface area contributed by atoms with Crippen molar-refractivity contribution in [2.75, 3.05) is 56.7 Å². The molecule has 2 saturated carbocycles. The van der Waals surface area contributed by atoms with Crippen molar-refractivity contribution >= 4 is 44.0 Å². The first-order chi connectivity index (χ1) is 33.9. The molecule has 0 radical (unpaired) electrons. The van der Waals surface area contributed by atoms with Gasteiger partial charge in [0, 0.05) is 76.0 Å². The summed E-state index contributed by atoms with van der Waals surface area (Å²) in [5.41, 5.74) is 2.84. The van der Waals surface area contributed by atoms with Crippen LogP contribution in [0, 0.1) is 27.3 Å². The molecule has 3 aromatic carbocycles. The molecule has 1 spiro atoms. The lowest BCUT2D eigenvalue weighted by Gasteiger charge is -2.57. The molecule has 5 aromatic rings. The summed E-state index contributed by atoms with van der Waals surface area (Å²) in [7, 11) is -3.15.